The largest absolute Gasteiger partial charge is 0.382 e. The van der Waals surface area contributed by atoms with Crippen molar-refractivity contribution in [2.75, 3.05) is 18.8 Å². The number of nitrogens with zero attached hydrogens (tertiary/aromatic N) is 3. The molecule has 0 saturated carbocycles. The summed E-state index contributed by atoms with van der Waals surface area (Å²) in [5, 5.41) is 2.93. The zero-order valence-corrected chi connectivity index (χ0v) is 19.1. The Morgan fingerprint density at radius 1 is 1.15 bits per heavy atom. The third kappa shape index (κ3) is 5.61. The Hall–Kier alpha value is -3.17. The Labute approximate surface area is 194 Å². The number of anilines is 1. The van der Waals surface area contributed by atoms with Gasteiger partial charge in [0.05, 0.1) is 34.8 Å². The van der Waals surface area contributed by atoms with Gasteiger partial charge < -0.3 is 11.1 Å². The normalized spacial score (nSPS) is 15.8. The minimum atomic E-state index is -1.21. The van der Waals surface area contributed by atoms with Gasteiger partial charge in [0.15, 0.2) is 0 Å². The maximum Gasteiger partial charge on any atom is 0.217 e. The van der Waals surface area contributed by atoms with Gasteiger partial charge in [-0.15, -0.1) is 0 Å². The van der Waals surface area contributed by atoms with Gasteiger partial charge >= 0.3 is 0 Å². The highest BCUT2D eigenvalue weighted by Crippen LogP contribution is 2.30. The number of nitrogens with one attached hydrogen (secondary N) is 1. The second kappa shape index (κ2) is 10.2. The van der Waals surface area contributed by atoms with Gasteiger partial charge in [0, 0.05) is 31.6 Å². The van der Waals surface area contributed by atoms with E-state index in [0.29, 0.717) is 35.7 Å². The molecule has 0 bridgehead atoms. The summed E-state index contributed by atoms with van der Waals surface area (Å²) in [6, 6.07) is 12.7. The Morgan fingerprint density at radius 3 is 2.58 bits per heavy atom. The van der Waals surface area contributed by atoms with Gasteiger partial charge in [0.1, 0.15) is 11.6 Å². The van der Waals surface area contributed by atoms with Crippen molar-refractivity contribution in [1.82, 2.24) is 19.6 Å². The number of hydrogen-bond acceptors (Lipinski definition) is 5. The van der Waals surface area contributed by atoms with E-state index in [1.807, 2.05) is 34.6 Å². The van der Waals surface area contributed by atoms with Crippen LogP contribution in [0.1, 0.15) is 25.3 Å². The molecule has 172 valence electrons. The predicted octanol–water partition coefficient (Wildman–Crippen LogP) is 3.30. The fourth-order valence-corrected chi connectivity index (χ4v) is 5.33. The number of nitrogen functional groups attached to an aromatic ring is 1. The van der Waals surface area contributed by atoms with Gasteiger partial charge in [-0.1, -0.05) is 30.3 Å². The van der Waals surface area contributed by atoms with E-state index in [9.17, 15) is 13.4 Å². The Kier molecular flexibility index (Phi) is 7.10. The van der Waals surface area contributed by atoms with E-state index in [0.717, 1.165) is 24.0 Å². The molecule has 3 aromatic rings. The molecule has 33 heavy (non-hydrogen) atoms. The van der Waals surface area contributed by atoms with Crippen LogP contribution in [0.5, 0.6) is 0 Å². The van der Waals surface area contributed by atoms with Gasteiger partial charge in [0.25, 0.3) is 0 Å². The third-order valence-corrected chi connectivity index (χ3v) is 7.17. The number of carbonyl (C=O) groups is 1. The smallest absolute Gasteiger partial charge is 0.217 e. The summed E-state index contributed by atoms with van der Waals surface area (Å²) in [6.45, 7) is 2.83. The third-order valence-electron chi connectivity index (χ3n) is 5.67. The number of piperidine rings is 1. The summed E-state index contributed by atoms with van der Waals surface area (Å²) in [5.74, 6) is 0.165. The van der Waals surface area contributed by atoms with Gasteiger partial charge in [0.2, 0.25) is 5.91 Å². The molecular formula is C24H26FN5O2S. The van der Waals surface area contributed by atoms with E-state index in [4.69, 9.17) is 5.73 Å². The number of carbonyl (C=O) groups excluding carboxylic acids is 1. The standard InChI is InChI=1S/C24H26FN5O2S/c1-16(31)29-19-8-10-30(11-9-19)33(32)15-18-4-2-3-5-20(18)17-6-7-21(22(25)12-17)23-13-28-24(26)14-27-23/h2-7,12-14,19H,8-11,15H2,1H3,(H2,26,28)(H,29,31). The van der Waals surface area contributed by atoms with Crippen LogP contribution in [0, 0.1) is 5.82 Å². The molecule has 3 N–H and O–H groups in total. The monoisotopic (exact) mass is 467 g/mol. The summed E-state index contributed by atoms with van der Waals surface area (Å²) < 4.78 is 29.9. The number of benzene rings is 2. The second-order valence-electron chi connectivity index (χ2n) is 8.05. The number of amides is 1. The minimum absolute atomic E-state index is 0.0369. The van der Waals surface area contributed by atoms with Crippen LogP contribution in [0.2, 0.25) is 0 Å². The number of rotatable bonds is 6. The summed E-state index contributed by atoms with van der Waals surface area (Å²) in [7, 11) is -1.21. The fourth-order valence-electron chi connectivity index (χ4n) is 4.01. The summed E-state index contributed by atoms with van der Waals surface area (Å²) >= 11 is 0. The van der Waals surface area contributed by atoms with Crippen molar-refractivity contribution in [2.24, 2.45) is 0 Å². The zero-order valence-electron chi connectivity index (χ0n) is 18.3. The van der Waals surface area contributed by atoms with Crippen LogP contribution in [0.25, 0.3) is 22.4 Å². The lowest BCUT2D eigenvalue weighted by molar-refractivity contribution is -0.119. The SMILES string of the molecule is CC(=O)NC1CCN(S(=O)Cc2ccccc2-c2ccc(-c3cnc(N)cn3)c(F)c2)CC1. The summed E-state index contributed by atoms with van der Waals surface area (Å²) in [4.78, 5) is 19.4. The van der Waals surface area contributed by atoms with Crippen LogP contribution in [-0.2, 0) is 21.5 Å². The molecule has 1 aliphatic rings. The molecular weight excluding hydrogens is 441 g/mol. The maximum atomic E-state index is 14.9. The molecule has 1 amide bonds. The molecule has 2 aromatic carbocycles. The second-order valence-corrected chi connectivity index (χ2v) is 9.50. The Balaban J connectivity index is 1.50. The summed E-state index contributed by atoms with van der Waals surface area (Å²) in [6.07, 6.45) is 4.38. The maximum absolute atomic E-state index is 14.9. The Bertz CT molecular complexity index is 1160. The first-order chi connectivity index (χ1) is 15.9. The number of hydrogen-bond donors (Lipinski definition) is 2. The van der Waals surface area contributed by atoms with Gasteiger partial charge in [-0.3, -0.25) is 9.78 Å². The molecule has 0 spiro atoms. The van der Waals surface area contributed by atoms with Crippen LogP contribution in [-0.4, -0.2) is 43.5 Å². The van der Waals surface area contributed by atoms with E-state index in [2.05, 4.69) is 15.3 Å². The van der Waals surface area contributed by atoms with E-state index < -0.39 is 16.8 Å². The fraction of sp³-hybridized carbons (Fsp3) is 0.292. The van der Waals surface area contributed by atoms with Gasteiger partial charge in [-0.2, -0.15) is 0 Å². The number of halogens is 1. The quantitative estimate of drug-likeness (QED) is 0.579. The number of nitrogens with two attached hydrogens (primary N) is 1. The highest BCUT2D eigenvalue weighted by Gasteiger charge is 2.24. The van der Waals surface area contributed by atoms with Crippen molar-refractivity contribution in [3.63, 3.8) is 0 Å². The highest BCUT2D eigenvalue weighted by molar-refractivity contribution is 7.81. The molecule has 0 aliphatic carbocycles. The Morgan fingerprint density at radius 2 is 1.91 bits per heavy atom. The van der Waals surface area contributed by atoms with Crippen LogP contribution in [0.3, 0.4) is 0 Å². The van der Waals surface area contributed by atoms with Crippen molar-refractivity contribution >= 4 is 22.7 Å². The van der Waals surface area contributed by atoms with Crippen LogP contribution >= 0.6 is 0 Å². The van der Waals surface area contributed by atoms with Gasteiger partial charge in [-0.25, -0.2) is 17.9 Å². The topological polar surface area (TPSA) is 101 Å². The van der Waals surface area contributed by atoms with Crippen molar-refractivity contribution in [2.45, 2.75) is 31.6 Å². The van der Waals surface area contributed by atoms with Crippen molar-refractivity contribution < 1.29 is 13.4 Å². The lowest BCUT2D eigenvalue weighted by Crippen LogP contribution is -2.44. The lowest BCUT2D eigenvalue weighted by atomic mass is 9.98. The molecule has 1 saturated heterocycles. The van der Waals surface area contributed by atoms with Crippen molar-refractivity contribution in [1.29, 1.82) is 0 Å². The van der Waals surface area contributed by atoms with Gasteiger partial charge in [-0.05, 0) is 41.7 Å². The number of aromatic nitrogens is 2. The molecule has 1 aromatic heterocycles. The van der Waals surface area contributed by atoms with E-state index in [-0.39, 0.29) is 17.8 Å². The first-order valence-electron chi connectivity index (χ1n) is 10.8. The summed E-state index contributed by atoms with van der Waals surface area (Å²) in [5.41, 5.74) is 8.75. The minimum Gasteiger partial charge on any atom is -0.382 e. The molecule has 4 rings (SSSR count). The zero-order chi connectivity index (χ0) is 23.4. The molecule has 9 heteroatoms. The van der Waals surface area contributed by atoms with E-state index in [1.165, 1.54) is 25.4 Å². The van der Waals surface area contributed by atoms with E-state index in [1.54, 1.807) is 6.07 Å². The molecule has 2 heterocycles. The highest BCUT2D eigenvalue weighted by atomic mass is 32.2. The molecule has 1 fully saturated rings. The molecule has 1 aliphatic heterocycles. The first kappa shape index (κ1) is 23.0. The molecule has 7 nitrogen and oxygen atoms in total. The van der Waals surface area contributed by atoms with Crippen LogP contribution < -0.4 is 11.1 Å². The average molecular weight is 468 g/mol. The van der Waals surface area contributed by atoms with Crippen LogP contribution in [0.4, 0.5) is 10.2 Å². The molecule has 0 radical (unpaired) electrons. The molecule has 1 atom stereocenters. The lowest BCUT2D eigenvalue weighted by Gasteiger charge is -2.31. The van der Waals surface area contributed by atoms with Crippen LogP contribution in [0.15, 0.2) is 54.9 Å². The molecule has 1 unspecified atom stereocenters. The van der Waals surface area contributed by atoms with Crippen molar-refractivity contribution in [3.05, 3.63) is 66.2 Å². The average Bonchev–Trinajstić information content (AvgIpc) is 2.80. The van der Waals surface area contributed by atoms with E-state index >= 15 is 0 Å². The van der Waals surface area contributed by atoms with Crippen molar-refractivity contribution in [3.8, 4) is 22.4 Å². The predicted molar refractivity (Wildman–Crippen MR) is 128 cm³/mol. The first-order valence-corrected chi connectivity index (χ1v) is 12.0.